The van der Waals surface area contributed by atoms with Crippen molar-refractivity contribution in [3.63, 3.8) is 0 Å². The van der Waals surface area contributed by atoms with Gasteiger partial charge in [0.1, 0.15) is 0 Å². The molecule has 96 valence electrons. The van der Waals surface area contributed by atoms with E-state index in [9.17, 15) is 9.59 Å². The zero-order chi connectivity index (χ0) is 12.7. The molecule has 0 radical (unpaired) electrons. The monoisotopic (exact) mass is 303 g/mol. The third-order valence-electron chi connectivity index (χ3n) is 2.43. The lowest BCUT2D eigenvalue weighted by atomic mass is 10.3. The Kier molecular flexibility index (Phi) is 6.21. The van der Waals surface area contributed by atoms with Gasteiger partial charge in [-0.3, -0.25) is 14.3 Å². The summed E-state index contributed by atoms with van der Waals surface area (Å²) in [4.78, 5) is 24.8. The second kappa shape index (κ2) is 7.45. The van der Waals surface area contributed by atoms with Crippen LogP contribution in [0.5, 0.6) is 0 Å². The van der Waals surface area contributed by atoms with Gasteiger partial charge in [0.25, 0.3) is 5.56 Å². The summed E-state index contributed by atoms with van der Waals surface area (Å²) in [7, 11) is 0. The third-order valence-corrected chi connectivity index (χ3v) is 2.99. The van der Waals surface area contributed by atoms with E-state index in [4.69, 9.17) is 0 Å². The SMILES string of the molecule is CCCCNCCCn1cc(Br)c(=O)[nH]c1=O. The van der Waals surface area contributed by atoms with Gasteiger partial charge < -0.3 is 5.32 Å². The van der Waals surface area contributed by atoms with Gasteiger partial charge in [-0.2, -0.15) is 0 Å². The van der Waals surface area contributed by atoms with Gasteiger partial charge in [-0.25, -0.2) is 4.79 Å². The lowest BCUT2D eigenvalue weighted by Gasteiger charge is -2.06. The van der Waals surface area contributed by atoms with E-state index in [1.165, 1.54) is 23.6 Å². The van der Waals surface area contributed by atoms with Gasteiger partial charge in [-0.05, 0) is 41.9 Å². The highest BCUT2D eigenvalue weighted by molar-refractivity contribution is 9.10. The molecule has 0 amide bonds. The van der Waals surface area contributed by atoms with E-state index in [2.05, 4.69) is 33.2 Å². The van der Waals surface area contributed by atoms with E-state index in [0.717, 1.165) is 19.5 Å². The maximum absolute atomic E-state index is 11.4. The average molecular weight is 304 g/mol. The zero-order valence-electron chi connectivity index (χ0n) is 9.96. The lowest BCUT2D eigenvalue weighted by molar-refractivity contribution is 0.551. The van der Waals surface area contributed by atoms with Crippen LogP contribution in [0.15, 0.2) is 20.3 Å². The third kappa shape index (κ3) is 4.87. The number of unbranched alkanes of at least 4 members (excludes halogenated alkanes) is 1. The summed E-state index contributed by atoms with van der Waals surface area (Å²) in [6.45, 7) is 4.65. The molecule has 1 aromatic heterocycles. The number of halogens is 1. The first-order chi connectivity index (χ1) is 8.15. The van der Waals surface area contributed by atoms with Gasteiger partial charge in [0, 0.05) is 12.7 Å². The van der Waals surface area contributed by atoms with E-state index >= 15 is 0 Å². The predicted octanol–water partition coefficient (Wildman–Crippen LogP) is 1.08. The van der Waals surface area contributed by atoms with Crippen LogP contribution in [-0.4, -0.2) is 22.6 Å². The van der Waals surface area contributed by atoms with Crippen molar-refractivity contribution < 1.29 is 0 Å². The molecule has 0 spiro atoms. The Hall–Kier alpha value is -0.880. The lowest BCUT2D eigenvalue weighted by Crippen LogP contribution is -2.30. The van der Waals surface area contributed by atoms with Gasteiger partial charge in [0.2, 0.25) is 0 Å². The van der Waals surface area contributed by atoms with Crippen LogP contribution in [0.4, 0.5) is 0 Å². The maximum atomic E-state index is 11.4. The molecule has 0 fully saturated rings. The van der Waals surface area contributed by atoms with Crippen molar-refractivity contribution in [2.24, 2.45) is 0 Å². The minimum Gasteiger partial charge on any atom is -0.317 e. The van der Waals surface area contributed by atoms with E-state index in [1.54, 1.807) is 0 Å². The summed E-state index contributed by atoms with van der Waals surface area (Å²) in [6, 6.07) is 0. The first-order valence-electron chi connectivity index (χ1n) is 5.85. The summed E-state index contributed by atoms with van der Waals surface area (Å²) >= 11 is 3.10. The highest BCUT2D eigenvalue weighted by atomic mass is 79.9. The molecule has 0 unspecified atom stereocenters. The number of aryl methyl sites for hydroxylation is 1. The molecule has 1 aromatic rings. The Labute approximate surface area is 108 Å². The summed E-state index contributed by atoms with van der Waals surface area (Å²) in [5, 5.41) is 3.30. The van der Waals surface area contributed by atoms with Crippen molar-refractivity contribution >= 4 is 15.9 Å². The first-order valence-corrected chi connectivity index (χ1v) is 6.64. The quantitative estimate of drug-likeness (QED) is 0.741. The van der Waals surface area contributed by atoms with Crippen LogP contribution in [0.3, 0.4) is 0 Å². The fraction of sp³-hybridized carbons (Fsp3) is 0.636. The van der Waals surface area contributed by atoms with Crippen LogP contribution in [0.1, 0.15) is 26.2 Å². The Morgan fingerprint density at radius 1 is 1.35 bits per heavy atom. The van der Waals surface area contributed by atoms with Crippen molar-refractivity contribution in [2.75, 3.05) is 13.1 Å². The Bertz CT molecular complexity index is 453. The van der Waals surface area contributed by atoms with Gasteiger partial charge in [0.15, 0.2) is 0 Å². The molecule has 0 saturated carbocycles. The zero-order valence-corrected chi connectivity index (χ0v) is 11.5. The molecule has 1 rings (SSSR count). The molecule has 5 nitrogen and oxygen atoms in total. The number of hydrogen-bond acceptors (Lipinski definition) is 3. The van der Waals surface area contributed by atoms with E-state index in [1.807, 2.05) is 0 Å². The molecular weight excluding hydrogens is 286 g/mol. The van der Waals surface area contributed by atoms with E-state index in [0.29, 0.717) is 11.0 Å². The molecule has 0 aliphatic heterocycles. The summed E-state index contributed by atoms with van der Waals surface area (Å²) in [5.74, 6) is 0. The molecule has 17 heavy (non-hydrogen) atoms. The van der Waals surface area contributed by atoms with Gasteiger partial charge in [-0.15, -0.1) is 0 Å². The minimum atomic E-state index is -0.382. The number of H-pyrrole nitrogens is 1. The summed E-state index contributed by atoms with van der Waals surface area (Å²) in [6.07, 6.45) is 4.75. The highest BCUT2D eigenvalue weighted by Gasteiger charge is 2.01. The maximum Gasteiger partial charge on any atom is 0.328 e. The number of hydrogen-bond donors (Lipinski definition) is 2. The van der Waals surface area contributed by atoms with Gasteiger partial charge in [0.05, 0.1) is 4.47 Å². The Morgan fingerprint density at radius 2 is 2.06 bits per heavy atom. The molecule has 0 saturated heterocycles. The standard InChI is InChI=1S/C11H18BrN3O2/c1-2-3-5-13-6-4-7-15-8-9(12)10(16)14-11(15)17/h8,13H,2-7H2,1H3,(H,14,16,17). The van der Waals surface area contributed by atoms with Crippen molar-refractivity contribution in [1.82, 2.24) is 14.9 Å². The number of aromatic amines is 1. The van der Waals surface area contributed by atoms with Crippen LogP contribution in [0, 0.1) is 0 Å². The summed E-state index contributed by atoms with van der Waals surface area (Å²) < 4.78 is 1.89. The summed E-state index contributed by atoms with van der Waals surface area (Å²) in [5.41, 5.74) is -0.737. The van der Waals surface area contributed by atoms with Crippen LogP contribution in [0.25, 0.3) is 0 Å². The first kappa shape index (κ1) is 14.2. The van der Waals surface area contributed by atoms with Crippen molar-refractivity contribution in [1.29, 1.82) is 0 Å². The van der Waals surface area contributed by atoms with E-state index < -0.39 is 0 Å². The fourth-order valence-electron chi connectivity index (χ4n) is 1.45. The van der Waals surface area contributed by atoms with Crippen LogP contribution in [0.2, 0.25) is 0 Å². The highest BCUT2D eigenvalue weighted by Crippen LogP contribution is 1.98. The average Bonchev–Trinajstić information content (AvgIpc) is 2.30. The second-order valence-electron chi connectivity index (χ2n) is 3.89. The molecule has 0 aliphatic rings. The molecule has 0 aliphatic carbocycles. The normalized spacial score (nSPS) is 10.7. The molecule has 1 heterocycles. The Morgan fingerprint density at radius 3 is 2.76 bits per heavy atom. The molecular formula is C11H18BrN3O2. The number of nitrogens with one attached hydrogen (secondary N) is 2. The Balaban J connectivity index is 2.39. The second-order valence-corrected chi connectivity index (χ2v) is 4.74. The molecule has 0 atom stereocenters. The smallest absolute Gasteiger partial charge is 0.317 e. The molecule has 2 N–H and O–H groups in total. The molecule has 0 bridgehead atoms. The topological polar surface area (TPSA) is 66.9 Å². The predicted molar refractivity (Wildman–Crippen MR) is 71.4 cm³/mol. The molecule has 0 aromatic carbocycles. The van der Waals surface area contributed by atoms with Gasteiger partial charge in [-0.1, -0.05) is 13.3 Å². The van der Waals surface area contributed by atoms with Crippen LogP contribution < -0.4 is 16.6 Å². The fourth-order valence-corrected chi connectivity index (χ4v) is 1.80. The van der Waals surface area contributed by atoms with Crippen LogP contribution >= 0.6 is 15.9 Å². The van der Waals surface area contributed by atoms with Crippen molar-refractivity contribution in [3.8, 4) is 0 Å². The minimum absolute atomic E-state index is 0.355. The van der Waals surface area contributed by atoms with E-state index in [-0.39, 0.29) is 11.2 Å². The number of nitrogens with zero attached hydrogens (tertiary/aromatic N) is 1. The number of rotatable bonds is 7. The largest absolute Gasteiger partial charge is 0.328 e. The van der Waals surface area contributed by atoms with Crippen LogP contribution in [-0.2, 0) is 6.54 Å². The van der Waals surface area contributed by atoms with Crippen molar-refractivity contribution in [3.05, 3.63) is 31.5 Å². The van der Waals surface area contributed by atoms with Gasteiger partial charge >= 0.3 is 5.69 Å². The van der Waals surface area contributed by atoms with Crippen molar-refractivity contribution in [2.45, 2.75) is 32.7 Å². The number of aromatic nitrogens is 2. The molecule has 6 heteroatoms.